The third-order valence-corrected chi connectivity index (χ3v) is 13.6. The monoisotopic (exact) mass is 1040 g/mol. The summed E-state index contributed by atoms with van der Waals surface area (Å²) in [5.41, 5.74) is 0. The van der Waals surface area contributed by atoms with Gasteiger partial charge in [0.15, 0.2) is 37.2 Å². The van der Waals surface area contributed by atoms with Gasteiger partial charge in [-0.3, -0.25) is 8.42 Å². The fraction of sp³-hybridized carbons (Fsp3) is 0.762. The Bertz CT molecular complexity index is 1370. The van der Waals surface area contributed by atoms with Gasteiger partial charge in [0.2, 0.25) is 0 Å². The lowest BCUT2D eigenvalue weighted by Gasteiger charge is -2.06. The maximum absolute atomic E-state index is 8.52. The van der Waals surface area contributed by atoms with Crippen molar-refractivity contribution in [2.45, 2.75) is 310 Å². The van der Waals surface area contributed by atoms with Crippen molar-refractivity contribution in [3.05, 3.63) is 91.8 Å². The smallest absolute Gasteiger partial charge is 0.168 e. The van der Waals surface area contributed by atoms with E-state index in [-0.39, 0.29) is 12.4 Å². The maximum Gasteiger partial charge on any atom is 0.168 e. The summed E-state index contributed by atoms with van der Waals surface area (Å²) >= 11 is 0. The van der Waals surface area contributed by atoms with Crippen LogP contribution in [0.1, 0.15) is 290 Å². The highest BCUT2D eigenvalue weighted by molar-refractivity contribution is 7.79. The van der Waals surface area contributed by atoms with Crippen molar-refractivity contribution in [1.82, 2.24) is 0 Å². The van der Waals surface area contributed by atoms with Crippen molar-refractivity contribution < 1.29 is 43.6 Å². The van der Waals surface area contributed by atoms with E-state index in [4.69, 9.17) is 17.5 Å². The van der Waals surface area contributed by atoms with Crippen molar-refractivity contribution >= 4 is 10.4 Å². The molecule has 0 aliphatic rings. The van der Waals surface area contributed by atoms with Crippen molar-refractivity contribution in [2.24, 2.45) is 0 Å². The summed E-state index contributed by atoms with van der Waals surface area (Å²) in [5, 5.41) is 0. The predicted octanol–water partition coefficient (Wildman–Crippen LogP) is 15.0. The van der Waals surface area contributed by atoms with Gasteiger partial charge in [-0.2, -0.15) is 0 Å². The highest BCUT2D eigenvalue weighted by atomic mass is 35.5. The Morgan fingerprint density at radius 1 is 0.250 bits per heavy atom. The number of pyridine rings is 3. The fourth-order valence-electron chi connectivity index (χ4n) is 9.22. The Morgan fingerprint density at radius 2 is 0.375 bits per heavy atom. The first-order valence-corrected chi connectivity index (χ1v) is 31.6. The van der Waals surface area contributed by atoms with Crippen LogP contribution >= 0.6 is 0 Å². The van der Waals surface area contributed by atoms with E-state index in [0.717, 1.165) is 0 Å². The van der Waals surface area contributed by atoms with Crippen LogP contribution in [-0.4, -0.2) is 17.5 Å². The molecule has 0 saturated heterocycles. The number of rotatable bonds is 45. The molecule has 7 nitrogen and oxygen atoms in total. The summed E-state index contributed by atoms with van der Waals surface area (Å²) < 4.78 is 41.0. The number of aryl methyl sites for hydroxylation is 3. The molecule has 3 heterocycles. The Labute approximate surface area is 453 Å². The molecule has 0 bridgehead atoms. The van der Waals surface area contributed by atoms with Crippen LogP contribution in [0.25, 0.3) is 0 Å². The molecule has 0 saturated carbocycles. The number of hydrogen-bond donors (Lipinski definition) is 0. The van der Waals surface area contributed by atoms with Crippen LogP contribution in [0.5, 0.6) is 0 Å². The highest BCUT2D eigenvalue weighted by Crippen LogP contribution is 2.16. The van der Waals surface area contributed by atoms with E-state index in [0.29, 0.717) is 0 Å². The van der Waals surface area contributed by atoms with E-state index in [1.165, 1.54) is 289 Å². The lowest BCUT2D eigenvalue weighted by Crippen LogP contribution is -3.00. The fourth-order valence-corrected chi connectivity index (χ4v) is 9.22. The van der Waals surface area contributed by atoms with Gasteiger partial charge in [0.05, 0.1) is 0 Å². The molecular formula is C63H114ClN3O4S. The normalized spacial score (nSPS) is 10.8. The van der Waals surface area contributed by atoms with Crippen LogP contribution in [0, 0.1) is 0 Å². The summed E-state index contributed by atoms with van der Waals surface area (Å²) in [6.45, 7) is 10.4. The molecule has 0 amide bonds. The molecule has 0 spiro atoms. The number of hydrogen-bond acceptors (Lipinski definition) is 4. The SMILES string of the molecule is CCCCCCCCCCCCCCCC[n+]1ccccc1.CCCCCCCCCCCCCCCC[n+]1ccccc1.CCCCCCCCCCCCCCCC[n+]1ccccc1.O=S(=O)([O-])[O-].[Cl-]. The maximum atomic E-state index is 8.52. The molecule has 0 unspecified atom stereocenters. The van der Waals surface area contributed by atoms with Crippen LogP contribution in [-0.2, 0) is 30.0 Å². The van der Waals surface area contributed by atoms with Crippen LogP contribution in [0.4, 0.5) is 0 Å². The Kier molecular flexibility index (Phi) is 59.2. The van der Waals surface area contributed by atoms with Gasteiger partial charge in [-0.05, 0) is 19.3 Å². The van der Waals surface area contributed by atoms with Crippen LogP contribution in [0.3, 0.4) is 0 Å². The van der Waals surface area contributed by atoms with Gasteiger partial charge < -0.3 is 21.5 Å². The zero-order valence-corrected chi connectivity index (χ0v) is 48.8. The standard InChI is InChI=1S/3C21H38N.ClH.H2O4S/c3*1-2-3-4-5-6-7-8-9-10-11-12-13-14-16-19-22-20-17-15-18-21-22;;1-5(2,3)4/h3*15,17-18,20-21H,2-14,16,19H2,1H3;1H;(H2,1,2,3,4)/q3*+1;;/p-3. The zero-order valence-electron chi connectivity index (χ0n) is 47.2. The minimum absolute atomic E-state index is 0. The topological polar surface area (TPSA) is 91.9 Å². The second-order valence-corrected chi connectivity index (χ2v) is 21.4. The van der Waals surface area contributed by atoms with Gasteiger partial charge in [0, 0.05) is 66.1 Å². The molecule has 0 aliphatic heterocycles. The Balaban J connectivity index is 0. The number of nitrogens with zero attached hydrogens (tertiary/aromatic N) is 3. The first-order chi connectivity index (χ1) is 34.8. The number of aromatic nitrogens is 3. The van der Waals surface area contributed by atoms with Gasteiger partial charge in [-0.1, -0.05) is 270 Å². The first kappa shape index (κ1) is 71.7. The molecule has 3 rings (SSSR count). The molecule has 0 aliphatic carbocycles. The molecule has 3 aromatic rings. The predicted molar refractivity (Wildman–Crippen MR) is 301 cm³/mol. The van der Waals surface area contributed by atoms with E-state index in [2.05, 4.69) is 126 Å². The third-order valence-electron chi connectivity index (χ3n) is 13.6. The second kappa shape index (κ2) is 59.5. The molecule has 0 fully saturated rings. The minimum Gasteiger partial charge on any atom is -1.00 e. The average molecular weight is 1050 g/mol. The molecule has 0 aromatic carbocycles. The Morgan fingerprint density at radius 3 is 0.514 bits per heavy atom. The van der Waals surface area contributed by atoms with Gasteiger partial charge in [0.1, 0.15) is 19.6 Å². The first-order valence-electron chi connectivity index (χ1n) is 30.3. The van der Waals surface area contributed by atoms with Crippen LogP contribution in [0.15, 0.2) is 91.8 Å². The largest absolute Gasteiger partial charge is 1.00 e. The molecule has 0 N–H and O–H groups in total. The summed E-state index contributed by atoms with van der Waals surface area (Å²) in [6, 6.07) is 18.9. The molecule has 0 radical (unpaired) electrons. The lowest BCUT2D eigenvalue weighted by atomic mass is 10.0. The zero-order chi connectivity index (χ0) is 51.7. The molecule has 9 heteroatoms. The quantitative estimate of drug-likeness (QED) is 0.0244. The van der Waals surface area contributed by atoms with E-state index in [1.807, 2.05) is 0 Å². The minimum atomic E-state index is -5.17. The molecule has 3 aromatic heterocycles. The van der Waals surface area contributed by atoms with Crippen molar-refractivity contribution in [1.29, 1.82) is 0 Å². The summed E-state index contributed by atoms with van der Waals surface area (Å²) in [6.07, 6.45) is 73.3. The molecule has 418 valence electrons. The van der Waals surface area contributed by atoms with Gasteiger partial charge in [0.25, 0.3) is 0 Å². The van der Waals surface area contributed by atoms with Crippen molar-refractivity contribution in [3.8, 4) is 0 Å². The second-order valence-electron chi connectivity index (χ2n) is 20.5. The summed E-state index contributed by atoms with van der Waals surface area (Å²) in [5.74, 6) is 0. The van der Waals surface area contributed by atoms with Crippen LogP contribution < -0.4 is 26.1 Å². The Hall–Kier alpha value is -2.39. The van der Waals surface area contributed by atoms with E-state index in [1.54, 1.807) is 0 Å². The highest BCUT2D eigenvalue weighted by Gasteiger charge is 2.01. The number of unbranched alkanes of at least 4 members (excludes halogenated alkanes) is 39. The van der Waals surface area contributed by atoms with Crippen molar-refractivity contribution in [3.63, 3.8) is 0 Å². The molecule has 72 heavy (non-hydrogen) atoms. The van der Waals surface area contributed by atoms with Gasteiger partial charge in [-0.15, -0.1) is 0 Å². The lowest BCUT2D eigenvalue weighted by molar-refractivity contribution is -0.697. The molecular weight excluding hydrogens is 930 g/mol. The van der Waals surface area contributed by atoms with Crippen molar-refractivity contribution in [2.75, 3.05) is 0 Å². The average Bonchev–Trinajstić information content (AvgIpc) is 3.37. The molecule has 0 atom stereocenters. The van der Waals surface area contributed by atoms with Gasteiger partial charge in [-0.25, -0.2) is 13.7 Å². The summed E-state index contributed by atoms with van der Waals surface area (Å²) in [7, 11) is -5.17. The summed E-state index contributed by atoms with van der Waals surface area (Å²) in [4.78, 5) is 0. The van der Waals surface area contributed by atoms with Crippen LogP contribution in [0.2, 0.25) is 0 Å². The van der Waals surface area contributed by atoms with Gasteiger partial charge >= 0.3 is 0 Å². The number of halogens is 1. The van der Waals surface area contributed by atoms with E-state index < -0.39 is 10.4 Å². The third kappa shape index (κ3) is 61.9. The van der Waals surface area contributed by atoms with E-state index >= 15 is 0 Å². The van der Waals surface area contributed by atoms with E-state index in [9.17, 15) is 0 Å².